The summed E-state index contributed by atoms with van der Waals surface area (Å²) in [6, 6.07) is 5.69. The van der Waals surface area contributed by atoms with Gasteiger partial charge in [0.1, 0.15) is 6.54 Å². The maximum Gasteiger partial charge on any atom is 0.323 e. The van der Waals surface area contributed by atoms with Crippen LogP contribution in [0.3, 0.4) is 0 Å². The van der Waals surface area contributed by atoms with Gasteiger partial charge in [-0.05, 0) is 38.3 Å². The number of nitrogens with zero attached hydrogens (tertiary/aromatic N) is 1. The quantitative estimate of drug-likeness (QED) is 0.886. The average molecular weight is 247 g/mol. The minimum atomic E-state index is -0.982. The van der Waals surface area contributed by atoms with E-state index in [0.717, 1.165) is 24.0 Å². The lowest BCUT2D eigenvalue weighted by Crippen LogP contribution is -2.37. The summed E-state index contributed by atoms with van der Waals surface area (Å²) in [5, 5.41) is 8.95. The molecule has 4 nitrogen and oxygen atoms in total. The summed E-state index contributed by atoms with van der Waals surface area (Å²) in [5.41, 5.74) is 2.75. The van der Waals surface area contributed by atoms with Crippen molar-refractivity contribution in [2.24, 2.45) is 5.92 Å². The molecule has 1 saturated carbocycles. The normalized spacial score (nSPS) is 14.3. The van der Waals surface area contributed by atoms with Gasteiger partial charge in [-0.3, -0.25) is 9.59 Å². The monoisotopic (exact) mass is 247 g/mol. The van der Waals surface area contributed by atoms with E-state index in [0.29, 0.717) is 5.69 Å². The average Bonchev–Trinajstić information content (AvgIpc) is 3.09. The minimum absolute atomic E-state index is 0.0186. The van der Waals surface area contributed by atoms with Gasteiger partial charge in [0, 0.05) is 11.6 Å². The predicted octanol–water partition coefficient (Wildman–Crippen LogP) is 2.13. The lowest BCUT2D eigenvalue weighted by molar-refractivity contribution is -0.136. The summed E-state index contributed by atoms with van der Waals surface area (Å²) in [4.78, 5) is 24.5. The zero-order valence-corrected chi connectivity index (χ0v) is 10.6. The number of carbonyl (C=O) groups is 2. The molecule has 1 amide bonds. The highest BCUT2D eigenvalue weighted by molar-refractivity contribution is 6.00. The number of aliphatic carboxylic acids is 1. The van der Waals surface area contributed by atoms with Gasteiger partial charge in [0.2, 0.25) is 5.91 Å². The Morgan fingerprint density at radius 3 is 2.50 bits per heavy atom. The van der Waals surface area contributed by atoms with Crippen molar-refractivity contribution in [1.29, 1.82) is 0 Å². The lowest BCUT2D eigenvalue weighted by Gasteiger charge is -2.23. The molecule has 2 rings (SSSR count). The largest absolute Gasteiger partial charge is 0.480 e. The van der Waals surface area contributed by atoms with Crippen LogP contribution in [0.15, 0.2) is 18.2 Å². The van der Waals surface area contributed by atoms with Crippen LogP contribution in [0.25, 0.3) is 0 Å². The molecule has 1 aliphatic carbocycles. The van der Waals surface area contributed by atoms with E-state index in [2.05, 4.69) is 0 Å². The second kappa shape index (κ2) is 4.80. The van der Waals surface area contributed by atoms with Crippen LogP contribution in [-0.4, -0.2) is 23.5 Å². The first-order valence-corrected chi connectivity index (χ1v) is 6.09. The van der Waals surface area contributed by atoms with E-state index in [4.69, 9.17) is 5.11 Å². The highest BCUT2D eigenvalue weighted by Crippen LogP contribution is 2.33. The number of aryl methyl sites for hydroxylation is 2. The molecule has 0 saturated heterocycles. The zero-order valence-electron chi connectivity index (χ0n) is 10.6. The Morgan fingerprint density at radius 2 is 2.00 bits per heavy atom. The minimum Gasteiger partial charge on any atom is -0.480 e. The van der Waals surface area contributed by atoms with E-state index in [-0.39, 0.29) is 18.4 Å². The second-order valence-corrected chi connectivity index (χ2v) is 4.88. The Labute approximate surface area is 106 Å². The highest BCUT2D eigenvalue weighted by atomic mass is 16.4. The first-order chi connectivity index (χ1) is 8.49. The summed E-state index contributed by atoms with van der Waals surface area (Å²) < 4.78 is 0. The number of hydrogen-bond acceptors (Lipinski definition) is 2. The maximum atomic E-state index is 12.1. The van der Waals surface area contributed by atoms with Crippen molar-refractivity contribution >= 4 is 17.6 Å². The predicted molar refractivity (Wildman–Crippen MR) is 68.6 cm³/mol. The molecule has 0 heterocycles. The molecule has 0 unspecified atom stereocenters. The number of amides is 1. The Bertz CT molecular complexity index is 492. The van der Waals surface area contributed by atoms with Gasteiger partial charge in [-0.2, -0.15) is 0 Å². The molecule has 0 aromatic heterocycles. The Morgan fingerprint density at radius 1 is 1.33 bits per heavy atom. The van der Waals surface area contributed by atoms with Gasteiger partial charge in [-0.1, -0.05) is 17.7 Å². The molecule has 0 atom stereocenters. The number of carbonyl (C=O) groups excluding carboxylic acids is 1. The molecule has 0 radical (unpaired) electrons. The molecule has 1 N–H and O–H groups in total. The third-order valence-electron chi connectivity index (χ3n) is 3.13. The number of carboxylic acids is 1. The Hall–Kier alpha value is -1.84. The van der Waals surface area contributed by atoms with Gasteiger partial charge in [-0.25, -0.2) is 0 Å². The fourth-order valence-electron chi connectivity index (χ4n) is 2.08. The van der Waals surface area contributed by atoms with Crippen LogP contribution in [-0.2, 0) is 9.59 Å². The van der Waals surface area contributed by atoms with Crippen molar-refractivity contribution in [3.8, 4) is 0 Å². The van der Waals surface area contributed by atoms with E-state index < -0.39 is 5.97 Å². The Balaban J connectivity index is 2.32. The van der Waals surface area contributed by atoms with Crippen LogP contribution in [0, 0.1) is 19.8 Å². The molecule has 1 aromatic rings. The standard InChI is InChI=1S/C14H17NO3/c1-9-3-6-12(10(2)7-9)15(8-13(16)17)14(18)11-4-5-11/h3,6-7,11H,4-5,8H2,1-2H3,(H,16,17). The fraction of sp³-hybridized carbons (Fsp3) is 0.429. The third-order valence-corrected chi connectivity index (χ3v) is 3.13. The number of carboxylic acid groups (broad SMARTS) is 1. The van der Waals surface area contributed by atoms with Crippen molar-refractivity contribution in [2.45, 2.75) is 26.7 Å². The molecule has 18 heavy (non-hydrogen) atoms. The third kappa shape index (κ3) is 2.70. The number of hydrogen-bond donors (Lipinski definition) is 1. The highest BCUT2D eigenvalue weighted by Gasteiger charge is 2.35. The van der Waals surface area contributed by atoms with Gasteiger partial charge in [-0.15, -0.1) is 0 Å². The van der Waals surface area contributed by atoms with Gasteiger partial charge < -0.3 is 10.0 Å². The summed E-state index contributed by atoms with van der Waals surface area (Å²) in [6.45, 7) is 3.61. The van der Waals surface area contributed by atoms with E-state index in [1.165, 1.54) is 4.90 Å². The first kappa shape index (κ1) is 12.6. The molecule has 0 spiro atoms. The van der Waals surface area contributed by atoms with Gasteiger partial charge >= 0.3 is 5.97 Å². The molecular weight excluding hydrogens is 230 g/mol. The van der Waals surface area contributed by atoms with Crippen molar-refractivity contribution in [2.75, 3.05) is 11.4 Å². The van der Waals surface area contributed by atoms with Crippen LogP contribution >= 0.6 is 0 Å². The van der Waals surface area contributed by atoms with Crippen molar-refractivity contribution in [3.63, 3.8) is 0 Å². The topological polar surface area (TPSA) is 57.6 Å². The van der Waals surface area contributed by atoms with E-state index in [1.54, 1.807) is 0 Å². The maximum absolute atomic E-state index is 12.1. The number of rotatable bonds is 4. The molecule has 96 valence electrons. The first-order valence-electron chi connectivity index (χ1n) is 6.09. The molecule has 1 fully saturated rings. The molecule has 1 aromatic carbocycles. The Kier molecular flexibility index (Phi) is 3.36. The van der Waals surface area contributed by atoms with Crippen LogP contribution in [0.2, 0.25) is 0 Å². The fourth-order valence-corrected chi connectivity index (χ4v) is 2.08. The van der Waals surface area contributed by atoms with Crippen LogP contribution in [0.1, 0.15) is 24.0 Å². The SMILES string of the molecule is Cc1ccc(N(CC(=O)O)C(=O)C2CC2)c(C)c1. The summed E-state index contributed by atoms with van der Waals surface area (Å²) in [6.07, 6.45) is 1.75. The molecule has 0 aliphatic heterocycles. The van der Waals surface area contributed by atoms with Crippen molar-refractivity contribution in [3.05, 3.63) is 29.3 Å². The van der Waals surface area contributed by atoms with Crippen LogP contribution in [0.5, 0.6) is 0 Å². The lowest BCUT2D eigenvalue weighted by atomic mass is 10.1. The van der Waals surface area contributed by atoms with Gasteiger partial charge in [0.05, 0.1) is 0 Å². The number of anilines is 1. The number of benzene rings is 1. The van der Waals surface area contributed by atoms with Crippen molar-refractivity contribution in [1.82, 2.24) is 0 Å². The molecule has 0 bridgehead atoms. The molecular formula is C14H17NO3. The van der Waals surface area contributed by atoms with Gasteiger partial charge in [0.25, 0.3) is 0 Å². The van der Waals surface area contributed by atoms with Crippen LogP contribution < -0.4 is 4.90 Å². The van der Waals surface area contributed by atoms with E-state index in [1.807, 2.05) is 32.0 Å². The van der Waals surface area contributed by atoms with Gasteiger partial charge in [0.15, 0.2) is 0 Å². The van der Waals surface area contributed by atoms with Crippen LogP contribution in [0.4, 0.5) is 5.69 Å². The van der Waals surface area contributed by atoms with E-state index >= 15 is 0 Å². The van der Waals surface area contributed by atoms with E-state index in [9.17, 15) is 9.59 Å². The van der Waals surface area contributed by atoms with Crippen molar-refractivity contribution < 1.29 is 14.7 Å². The molecule has 1 aliphatic rings. The second-order valence-electron chi connectivity index (χ2n) is 4.88. The summed E-state index contributed by atoms with van der Waals surface area (Å²) in [5.74, 6) is -1.03. The summed E-state index contributed by atoms with van der Waals surface area (Å²) in [7, 11) is 0. The summed E-state index contributed by atoms with van der Waals surface area (Å²) >= 11 is 0. The zero-order chi connectivity index (χ0) is 13.3. The molecule has 4 heteroatoms. The smallest absolute Gasteiger partial charge is 0.323 e.